The van der Waals surface area contributed by atoms with Crippen LogP contribution in [0.15, 0.2) is 12.2 Å². The van der Waals surface area contributed by atoms with Gasteiger partial charge in [0.05, 0.1) is 78.9 Å². The van der Waals surface area contributed by atoms with Gasteiger partial charge >= 0.3 is 53.7 Å². The lowest BCUT2D eigenvalue weighted by molar-refractivity contribution is -0.152. The molecule has 14 N–H and O–H groups in total. The number of hydrogen-bond donors (Lipinski definition) is 14. The van der Waals surface area contributed by atoms with Gasteiger partial charge in [0, 0.05) is 57.9 Å². The topological polar surface area (TPSA) is 530 Å². The lowest BCUT2D eigenvalue weighted by Crippen LogP contribution is -2.59. The number of carbonyl (C=O) groups excluding carboxylic acids is 5. The van der Waals surface area contributed by atoms with Gasteiger partial charge in [-0.3, -0.25) is 81.8 Å². The number of aliphatic carboxylic acids is 9. The average Bonchev–Trinajstić information content (AvgIpc) is 3.74. The van der Waals surface area contributed by atoms with Crippen LogP contribution in [0.1, 0.15) is 83.5 Å². The molecule has 35 nitrogen and oxygen atoms in total. The lowest BCUT2D eigenvalue weighted by Gasteiger charge is -2.34. The van der Waals surface area contributed by atoms with Crippen LogP contribution in [0.3, 0.4) is 0 Å². The van der Waals surface area contributed by atoms with E-state index in [1.807, 2.05) is 0 Å². The van der Waals surface area contributed by atoms with Gasteiger partial charge in [-0.15, -0.1) is 0 Å². The van der Waals surface area contributed by atoms with Crippen LogP contribution < -0.4 is 21.3 Å². The van der Waals surface area contributed by atoms with Crippen LogP contribution in [0.4, 0.5) is 0 Å². The number of carboxylic acid groups (broad SMARTS) is 9. The summed E-state index contributed by atoms with van der Waals surface area (Å²) in [6.45, 7) is -7.53. The number of rotatable bonds is 52. The second-order valence-corrected chi connectivity index (χ2v) is 19.5. The molecule has 85 heavy (non-hydrogen) atoms. The van der Waals surface area contributed by atoms with E-state index in [1.54, 1.807) is 0 Å². The first kappa shape index (κ1) is 75.1. The first-order chi connectivity index (χ1) is 40.1. The maximum Gasteiger partial charge on any atom is 0.320 e. The van der Waals surface area contributed by atoms with E-state index in [9.17, 15) is 87.5 Å². The minimum Gasteiger partial charge on any atom is -0.480 e. The molecule has 35 heteroatoms. The van der Waals surface area contributed by atoms with E-state index >= 15 is 0 Å². The molecule has 0 saturated carbocycles. The Labute approximate surface area is 486 Å². The molecule has 0 aromatic heterocycles. The second-order valence-electron chi connectivity index (χ2n) is 19.5. The molecule has 1 aliphatic rings. The molecule has 1 aliphatic heterocycles. The van der Waals surface area contributed by atoms with Crippen LogP contribution in [-0.4, -0.2) is 289 Å². The van der Waals surface area contributed by atoms with Crippen LogP contribution in [0.2, 0.25) is 0 Å². The van der Waals surface area contributed by atoms with Crippen molar-refractivity contribution >= 4 is 83.3 Å². The zero-order valence-corrected chi connectivity index (χ0v) is 46.7. The SMILES string of the molecule is O=C(O)CN(CC(=O)O)C(CCCCNC(=O)CCOCC(COCCC(=O)NCCCCC(C(=O)O)N(CC(=O)O)CC(=O)O)(COCCC(=O)NCCCCC(C(=O)O)N(CC(=O)O)CC(=O)O)NC(=O)CCN1C(=O)C=CC1O)C(=O)O. The highest BCUT2D eigenvalue weighted by molar-refractivity contribution is 5.91. The minimum atomic E-state index is -1.67. The third-order valence-electron chi connectivity index (χ3n) is 12.4. The zero-order chi connectivity index (χ0) is 64.1. The molecule has 4 unspecified atom stereocenters. The Morgan fingerprint density at radius 2 is 0.753 bits per heavy atom. The standard InChI is InChI=1S/C50H78N8O27/c59-35(51-16-4-1-7-32(47(77)78)55(23-41(65)66)24-42(67)68)13-20-83-29-50(54-38(62)12-19-58-39(63)10-11-40(58)64,30-84-21-14-36(60)52-17-5-2-8-33(48(79)80)56(25-43(69)70)26-44(71)72)31-85-22-15-37(61)53-18-6-3-9-34(49(81)82)57(27-45(73)74)28-46(75)76/h10-11,32-34,39,63H,1-9,12-31H2,(H,51,59)(H,52,60)(H,53,61)(H,54,62)(H,65,66)(H,67,68)(H,69,70)(H,71,72)(H,73,74)(H,75,76)(H,77,78)(H,79,80)(H,81,82). The number of carboxylic acids is 9. The van der Waals surface area contributed by atoms with Gasteiger partial charge in [-0.1, -0.05) is 0 Å². The zero-order valence-electron chi connectivity index (χ0n) is 46.7. The molecule has 0 bridgehead atoms. The quantitative estimate of drug-likeness (QED) is 0.0257. The Bertz CT molecular complexity index is 2050. The molecule has 0 fully saturated rings. The van der Waals surface area contributed by atoms with Crippen molar-refractivity contribution in [1.29, 1.82) is 0 Å². The van der Waals surface area contributed by atoms with E-state index in [2.05, 4.69) is 21.3 Å². The van der Waals surface area contributed by atoms with Crippen molar-refractivity contribution in [2.75, 3.05) is 105 Å². The Kier molecular flexibility index (Phi) is 36.3. The summed E-state index contributed by atoms with van der Waals surface area (Å²) in [5, 5.41) is 105. The van der Waals surface area contributed by atoms with Crippen molar-refractivity contribution in [3.8, 4) is 0 Å². The molecule has 0 aliphatic carbocycles. The molecule has 0 radical (unpaired) electrons. The summed E-state index contributed by atoms with van der Waals surface area (Å²) in [4.78, 5) is 171. The van der Waals surface area contributed by atoms with E-state index in [0.717, 1.165) is 25.7 Å². The maximum atomic E-state index is 13.6. The highest BCUT2D eigenvalue weighted by Crippen LogP contribution is 2.16. The smallest absolute Gasteiger partial charge is 0.320 e. The fraction of sp³-hybridized carbons (Fsp3) is 0.680. The number of aliphatic hydroxyl groups excluding tert-OH is 1. The van der Waals surface area contributed by atoms with Crippen LogP contribution in [0.25, 0.3) is 0 Å². The van der Waals surface area contributed by atoms with Crippen LogP contribution >= 0.6 is 0 Å². The van der Waals surface area contributed by atoms with Crippen LogP contribution in [0, 0.1) is 0 Å². The van der Waals surface area contributed by atoms with Gasteiger partial charge in [0.25, 0.3) is 0 Å². The first-order valence-electron chi connectivity index (χ1n) is 26.8. The van der Waals surface area contributed by atoms with Gasteiger partial charge in [-0.25, -0.2) is 0 Å². The van der Waals surface area contributed by atoms with Crippen molar-refractivity contribution in [2.45, 2.75) is 113 Å². The number of nitrogens with zero attached hydrogens (tertiary/aromatic N) is 4. The largest absolute Gasteiger partial charge is 0.480 e. The highest BCUT2D eigenvalue weighted by atomic mass is 16.5. The lowest BCUT2D eigenvalue weighted by atomic mass is 10.0. The Morgan fingerprint density at radius 1 is 0.459 bits per heavy atom. The van der Waals surface area contributed by atoms with Gasteiger partial charge in [-0.05, 0) is 63.9 Å². The Balaban J connectivity index is 3.16. The third-order valence-corrected chi connectivity index (χ3v) is 12.4. The summed E-state index contributed by atoms with van der Waals surface area (Å²) in [5.41, 5.74) is -1.67. The van der Waals surface area contributed by atoms with Crippen molar-refractivity contribution in [2.24, 2.45) is 0 Å². The fourth-order valence-electron chi connectivity index (χ4n) is 8.45. The van der Waals surface area contributed by atoms with Crippen molar-refractivity contribution in [3.63, 3.8) is 0 Å². The number of amides is 5. The molecule has 4 atom stereocenters. The van der Waals surface area contributed by atoms with E-state index in [0.29, 0.717) is 0 Å². The van der Waals surface area contributed by atoms with Gasteiger partial charge in [-0.2, -0.15) is 0 Å². The number of ether oxygens (including phenoxy) is 3. The number of unbranched alkanes of at least 4 members (excludes halogenated alkanes) is 3. The molecular weight excluding hydrogens is 1140 g/mol. The monoisotopic (exact) mass is 1220 g/mol. The number of hydrogen-bond acceptors (Lipinski definition) is 21. The molecule has 1 rings (SSSR count). The van der Waals surface area contributed by atoms with Crippen LogP contribution in [0.5, 0.6) is 0 Å². The van der Waals surface area contributed by atoms with Crippen molar-refractivity contribution in [3.05, 3.63) is 12.2 Å². The Morgan fingerprint density at radius 3 is 1.00 bits per heavy atom. The van der Waals surface area contributed by atoms with E-state index in [1.165, 1.54) is 6.08 Å². The molecule has 480 valence electrons. The summed E-state index contributed by atoms with van der Waals surface area (Å²) in [5.74, 6) is -15.9. The predicted octanol–water partition coefficient (Wildman–Crippen LogP) is -4.20. The van der Waals surface area contributed by atoms with Gasteiger partial charge in [0.2, 0.25) is 29.5 Å². The fourth-order valence-corrected chi connectivity index (χ4v) is 8.45. The molecule has 0 saturated heterocycles. The molecule has 0 aromatic rings. The summed E-state index contributed by atoms with van der Waals surface area (Å²) in [6, 6.07) is -4.33. The second kappa shape index (κ2) is 41.1. The summed E-state index contributed by atoms with van der Waals surface area (Å²) < 4.78 is 17.6. The van der Waals surface area contributed by atoms with Crippen molar-refractivity contribution < 1.29 is 132 Å². The molecule has 0 spiro atoms. The van der Waals surface area contributed by atoms with Gasteiger partial charge < -0.3 is 91.4 Å². The van der Waals surface area contributed by atoms with E-state index in [4.69, 9.17) is 44.8 Å². The normalized spacial score (nSPS) is 14.7. The maximum absolute atomic E-state index is 13.6. The molecule has 0 aromatic carbocycles. The molecule has 5 amide bonds. The predicted molar refractivity (Wildman–Crippen MR) is 284 cm³/mol. The van der Waals surface area contributed by atoms with Gasteiger partial charge in [0.15, 0.2) is 0 Å². The molecular formula is C50H78N8O27. The highest BCUT2D eigenvalue weighted by Gasteiger charge is 2.36. The third kappa shape index (κ3) is 33.8. The number of aliphatic hydroxyl groups is 1. The van der Waals surface area contributed by atoms with Crippen LogP contribution in [-0.2, 0) is 81.3 Å². The summed E-state index contributed by atoms with van der Waals surface area (Å²) in [7, 11) is 0. The number of nitrogens with one attached hydrogen (secondary N) is 4. The van der Waals surface area contributed by atoms with Crippen molar-refractivity contribution in [1.82, 2.24) is 40.9 Å². The number of carbonyl (C=O) groups is 14. The van der Waals surface area contributed by atoms with E-state index < -0.39 is 179 Å². The molecule has 1 heterocycles. The van der Waals surface area contributed by atoms with Gasteiger partial charge in [0.1, 0.15) is 29.9 Å². The first-order valence-corrected chi connectivity index (χ1v) is 26.8. The Hall–Kier alpha value is -7.96. The summed E-state index contributed by atoms with van der Waals surface area (Å²) >= 11 is 0. The summed E-state index contributed by atoms with van der Waals surface area (Å²) in [6.07, 6.45) is 0.368. The average molecular weight is 1220 g/mol. The minimum absolute atomic E-state index is 0.0237. The van der Waals surface area contributed by atoms with E-state index in [-0.39, 0.29) is 123 Å².